The molecule has 0 aromatic carbocycles. The number of carbonyl (C=O) groups excluding carboxylic acids is 2. The highest BCUT2D eigenvalue weighted by Crippen LogP contribution is 2.12. The molecule has 0 saturated heterocycles. The number of rotatable bonds is 36. The Hall–Kier alpha value is -3.18. The van der Waals surface area contributed by atoms with Gasteiger partial charge in [0.15, 0.2) is 6.10 Å². The van der Waals surface area contributed by atoms with Gasteiger partial charge in [-0.05, 0) is 83.5 Å². The normalized spacial score (nSPS) is 13.2. The van der Waals surface area contributed by atoms with Gasteiger partial charge < -0.3 is 14.6 Å². The van der Waals surface area contributed by atoms with Gasteiger partial charge >= 0.3 is 11.9 Å². The van der Waals surface area contributed by atoms with Gasteiger partial charge in [-0.15, -0.1) is 0 Å². The molecule has 1 unspecified atom stereocenters. The van der Waals surface area contributed by atoms with Crippen LogP contribution >= 0.6 is 0 Å². The van der Waals surface area contributed by atoms with E-state index in [1.165, 1.54) is 70.6 Å². The Bertz CT molecular complexity index is 1040. The van der Waals surface area contributed by atoms with Crippen LogP contribution in [0.4, 0.5) is 0 Å². The van der Waals surface area contributed by atoms with Crippen molar-refractivity contribution in [3.63, 3.8) is 0 Å². The summed E-state index contributed by atoms with van der Waals surface area (Å²) in [5.74, 6) is -0.701. The highest BCUT2D eigenvalue weighted by atomic mass is 16.6. The fourth-order valence-corrected chi connectivity index (χ4v) is 5.26. The third-order valence-corrected chi connectivity index (χ3v) is 8.38. The molecule has 0 aliphatic carbocycles. The van der Waals surface area contributed by atoms with E-state index in [4.69, 9.17) is 9.47 Å². The van der Waals surface area contributed by atoms with E-state index in [0.717, 1.165) is 64.2 Å². The lowest BCUT2D eigenvalue weighted by atomic mass is 10.1. The van der Waals surface area contributed by atoms with Crippen LogP contribution < -0.4 is 0 Å². The highest BCUT2D eigenvalue weighted by molar-refractivity contribution is 5.70. The minimum atomic E-state index is -0.819. The molecule has 0 aliphatic rings. The van der Waals surface area contributed by atoms with E-state index in [0.29, 0.717) is 12.8 Å². The van der Waals surface area contributed by atoms with Gasteiger partial charge in [0.05, 0.1) is 6.61 Å². The molecule has 0 radical (unpaired) electrons. The molecule has 0 heterocycles. The van der Waals surface area contributed by atoms with E-state index >= 15 is 0 Å². The van der Waals surface area contributed by atoms with Crippen molar-refractivity contribution in [1.29, 1.82) is 0 Å². The van der Waals surface area contributed by atoms with E-state index in [-0.39, 0.29) is 25.6 Å². The zero-order chi connectivity index (χ0) is 37.8. The van der Waals surface area contributed by atoms with Crippen molar-refractivity contribution in [3.05, 3.63) is 97.2 Å². The van der Waals surface area contributed by atoms with Crippen LogP contribution in [0.25, 0.3) is 0 Å². The second-order valence-corrected chi connectivity index (χ2v) is 13.3. The molecule has 52 heavy (non-hydrogen) atoms. The van der Waals surface area contributed by atoms with E-state index < -0.39 is 12.1 Å². The molecule has 0 spiro atoms. The average molecular weight is 721 g/mol. The number of ether oxygens (including phenoxy) is 2. The first-order valence-corrected chi connectivity index (χ1v) is 20.8. The summed E-state index contributed by atoms with van der Waals surface area (Å²) < 4.78 is 10.6. The quantitative estimate of drug-likeness (QED) is 0.0396. The van der Waals surface area contributed by atoms with Crippen LogP contribution in [0.15, 0.2) is 97.2 Å². The summed E-state index contributed by atoms with van der Waals surface area (Å²) in [6.45, 7) is 3.92. The maximum Gasteiger partial charge on any atom is 0.306 e. The minimum Gasteiger partial charge on any atom is -0.462 e. The molecule has 0 fully saturated rings. The summed E-state index contributed by atoms with van der Waals surface area (Å²) >= 11 is 0. The molecule has 0 amide bonds. The first kappa shape index (κ1) is 48.8. The van der Waals surface area contributed by atoms with Crippen molar-refractivity contribution in [2.75, 3.05) is 13.2 Å². The van der Waals surface area contributed by atoms with Gasteiger partial charge in [-0.1, -0.05) is 169 Å². The molecule has 5 nitrogen and oxygen atoms in total. The molecule has 5 heteroatoms. The predicted molar refractivity (Wildman–Crippen MR) is 223 cm³/mol. The van der Waals surface area contributed by atoms with Crippen LogP contribution in [0.1, 0.15) is 168 Å². The summed E-state index contributed by atoms with van der Waals surface area (Å²) in [7, 11) is 0. The number of unbranched alkanes of at least 4 members (excludes halogenated alkanes) is 12. The maximum absolute atomic E-state index is 12.2. The third-order valence-electron chi connectivity index (χ3n) is 8.38. The van der Waals surface area contributed by atoms with E-state index in [1.807, 2.05) is 12.2 Å². The summed E-state index contributed by atoms with van der Waals surface area (Å²) in [5, 5.41) is 9.56. The molecular weight excluding hydrogens is 645 g/mol. The molecule has 0 saturated carbocycles. The largest absolute Gasteiger partial charge is 0.462 e. The van der Waals surface area contributed by atoms with Crippen molar-refractivity contribution in [2.45, 2.75) is 174 Å². The monoisotopic (exact) mass is 721 g/mol. The summed E-state index contributed by atoms with van der Waals surface area (Å²) in [4.78, 5) is 24.3. The SMILES string of the molecule is CCC=CCC=CCC=CCC=CCC=CCC=CCCC(=O)OC(CO)COC(=O)CCCCCCCCCCCC=CCC=CCCCCC. The smallest absolute Gasteiger partial charge is 0.306 e. The van der Waals surface area contributed by atoms with E-state index in [9.17, 15) is 14.7 Å². The maximum atomic E-state index is 12.2. The van der Waals surface area contributed by atoms with Gasteiger partial charge in [0.25, 0.3) is 0 Å². The summed E-state index contributed by atoms with van der Waals surface area (Å²) in [5.41, 5.74) is 0. The first-order chi connectivity index (χ1) is 25.6. The second kappa shape index (κ2) is 42.2. The van der Waals surface area contributed by atoms with Crippen molar-refractivity contribution in [3.8, 4) is 0 Å². The van der Waals surface area contributed by atoms with Crippen LogP contribution in [0.3, 0.4) is 0 Å². The molecule has 0 aromatic heterocycles. The minimum absolute atomic E-state index is 0.104. The van der Waals surface area contributed by atoms with Gasteiger partial charge in [-0.2, -0.15) is 0 Å². The zero-order valence-electron chi connectivity index (χ0n) is 33.3. The van der Waals surface area contributed by atoms with Gasteiger partial charge in [0.1, 0.15) is 6.61 Å². The molecule has 294 valence electrons. The van der Waals surface area contributed by atoms with E-state index in [2.05, 4.69) is 98.9 Å². The Morgan fingerprint density at radius 2 is 0.865 bits per heavy atom. The lowest BCUT2D eigenvalue weighted by molar-refractivity contribution is -0.161. The van der Waals surface area contributed by atoms with Crippen molar-refractivity contribution < 1.29 is 24.2 Å². The van der Waals surface area contributed by atoms with Crippen molar-refractivity contribution >= 4 is 11.9 Å². The molecule has 1 N–H and O–H groups in total. The van der Waals surface area contributed by atoms with Crippen molar-refractivity contribution in [1.82, 2.24) is 0 Å². The second-order valence-electron chi connectivity index (χ2n) is 13.3. The highest BCUT2D eigenvalue weighted by Gasteiger charge is 2.15. The molecule has 0 aliphatic heterocycles. The number of aliphatic hydroxyl groups is 1. The molecule has 0 rings (SSSR count). The number of aliphatic hydroxyl groups excluding tert-OH is 1. The third kappa shape index (κ3) is 39.6. The van der Waals surface area contributed by atoms with Crippen molar-refractivity contribution in [2.24, 2.45) is 0 Å². The Morgan fingerprint density at radius 3 is 1.33 bits per heavy atom. The van der Waals surface area contributed by atoms with Crippen LogP contribution in [0, 0.1) is 0 Å². The Balaban J connectivity index is 3.70. The van der Waals surface area contributed by atoms with Gasteiger partial charge in [-0.3, -0.25) is 9.59 Å². The first-order valence-electron chi connectivity index (χ1n) is 20.8. The fraction of sp³-hybridized carbons (Fsp3) is 0.617. The lowest BCUT2D eigenvalue weighted by Crippen LogP contribution is -2.28. The number of hydrogen-bond acceptors (Lipinski definition) is 5. The summed E-state index contributed by atoms with van der Waals surface area (Å²) in [6.07, 6.45) is 59.1. The Kier molecular flexibility index (Phi) is 39.7. The average Bonchev–Trinajstić information content (AvgIpc) is 3.15. The zero-order valence-corrected chi connectivity index (χ0v) is 33.3. The molecular formula is C47H76O5. The summed E-state index contributed by atoms with van der Waals surface area (Å²) in [6, 6.07) is 0. The number of hydrogen-bond donors (Lipinski definition) is 1. The fourth-order valence-electron chi connectivity index (χ4n) is 5.26. The predicted octanol–water partition coefficient (Wildman–Crippen LogP) is 13.3. The van der Waals surface area contributed by atoms with Crippen LogP contribution in [-0.2, 0) is 19.1 Å². The van der Waals surface area contributed by atoms with Gasteiger partial charge in [0.2, 0.25) is 0 Å². The van der Waals surface area contributed by atoms with Crippen LogP contribution in [-0.4, -0.2) is 36.4 Å². The molecule has 1 atom stereocenters. The standard InChI is InChI=1S/C47H76O5/c1-3-5-7-9-11-13-15-17-19-21-23-25-27-29-31-33-35-37-39-41-46(49)51-44-45(43-48)52-47(50)42-40-38-36-34-32-30-28-26-24-22-20-18-16-14-12-10-8-6-4-2/h6,8,11-14,17-20,24,26,30,32,36,38,45,48H,3-5,7,9-10,15-16,21-23,25,27-29,31,33-35,37,39-44H2,1-2H3. The molecule has 0 aromatic rings. The number of esters is 2. The van der Waals surface area contributed by atoms with Crippen LogP contribution in [0.5, 0.6) is 0 Å². The Morgan fingerprint density at radius 1 is 0.462 bits per heavy atom. The van der Waals surface area contributed by atoms with E-state index in [1.54, 1.807) is 0 Å². The lowest BCUT2D eigenvalue weighted by Gasteiger charge is -2.15. The number of allylic oxidation sites excluding steroid dienone is 16. The van der Waals surface area contributed by atoms with Crippen LogP contribution in [0.2, 0.25) is 0 Å². The van der Waals surface area contributed by atoms with Gasteiger partial charge in [0, 0.05) is 12.8 Å². The molecule has 0 bridgehead atoms. The number of carbonyl (C=O) groups is 2. The van der Waals surface area contributed by atoms with Gasteiger partial charge in [-0.25, -0.2) is 0 Å². The topological polar surface area (TPSA) is 72.8 Å². The Labute approximate surface area is 319 Å².